The first-order valence-electron chi connectivity index (χ1n) is 8.72. The highest BCUT2D eigenvalue weighted by molar-refractivity contribution is 6.17. The molecule has 7 nitrogen and oxygen atoms in total. The summed E-state index contributed by atoms with van der Waals surface area (Å²) in [5, 5.41) is 29.9. The van der Waals surface area contributed by atoms with E-state index in [-0.39, 0.29) is 35.2 Å². The third-order valence-electron chi connectivity index (χ3n) is 4.92. The predicted molar refractivity (Wildman–Crippen MR) is 103 cm³/mol. The average molecular weight is 381 g/mol. The van der Waals surface area contributed by atoms with Crippen LogP contribution in [0, 0.1) is 6.92 Å². The van der Waals surface area contributed by atoms with Crippen molar-refractivity contribution in [3.8, 4) is 23.0 Å². The van der Waals surface area contributed by atoms with Gasteiger partial charge in [-0.15, -0.1) is 0 Å². The van der Waals surface area contributed by atoms with Crippen molar-refractivity contribution in [3.63, 3.8) is 0 Å². The molecule has 4 rings (SSSR count). The number of hydrogen-bond acceptors (Lipinski definition) is 6. The number of phenols is 2. The summed E-state index contributed by atoms with van der Waals surface area (Å²) in [6.45, 7) is 2.27. The molecule has 0 radical (unpaired) electrons. The number of nitrogens with zero attached hydrogens (tertiary/aromatic N) is 1. The van der Waals surface area contributed by atoms with Crippen LogP contribution in [0.1, 0.15) is 21.6 Å². The molecule has 3 N–H and O–H groups in total. The predicted octanol–water partition coefficient (Wildman–Crippen LogP) is 2.98. The van der Waals surface area contributed by atoms with E-state index in [1.54, 1.807) is 13.2 Å². The molecule has 0 amide bonds. The zero-order valence-electron chi connectivity index (χ0n) is 15.4. The summed E-state index contributed by atoms with van der Waals surface area (Å²) in [6.07, 6.45) is 1.61. The Morgan fingerprint density at radius 2 is 2.00 bits per heavy atom. The molecule has 7 heteroatoms. The molecule has 1 aliphatic heterocycles. The number of carbonyl (C=O) groups excluding carboxylic acids is 1. The summed E-state index contributed by atoms with van der Waals surface area (Å²) in [4.78, 5) is 12.7. The van der Waals surface area contributed by atoms with Crippen molar-refractivity contribution in [2.75, 3.05) is 13.7 Å². The lowest BCUT2D eigenvalue weighted by molar-refractivity contribution is 0.101. The highest BCUT2D eigenvalue weighted by atomic mass is 16.5. The highest BCUT2D eigenvalue weighted by Crippen LogP contribution is 2.41. The minimum absolute atomic E-state index is 0.0263. The summed E-state index contributed by atoms with van der Waals surface area (Å²) in [6, 6.07) is 7.98. The highest BCUT2D eigenvalue weighted by Gasteiger charge is 2.32. The molecule has 2 aromatic carbocycles. The molecule has 144 valence electrons. The number of hydrogen-bond donors (Lipinski definition) is 3. The third-order valence-corrected chi connectivity index (χ3v) is 4.92. The van der Waals surface area contributed by atoms with Crippen molar-refractivity contribution >= 4 is 22.8 Å². The third kappa shape index (κ3) is 2.68. The zero-order chi connectivity index (χ0) is 20.0. The molecule has 0 unspecified atom stereocenters. The van der Waals surface area contributed by atoms with Crippen LogP contribution in [0.15, 0.2) is 36.1 Å². The molecule has 0 fully saturated rings. The van der Waals surface area contributed by atoms with Gasteiger partial charge in [-0.3, -0.25) is 4.79 Å². The number of aliphatic hydroxyl groups is 1. The van der Waals surface area contributed by atoms with Crippen LogP contribution < -0.4 is 9.47 Å². The second kappa shape index (κ2) is 6.61. The van der Waals surface area contributed by atoms with Gasteiger partial charge in [0.1, 0.15) is 28.6 Å². The van der Waals surface area contributed by atoms with Crippen LogP contribution in [-0.4, -0.2) is 39.4 Å². The lowest BCUT2D eigenvalue weighted by Crippen LogP contribution is -2.04. The number of ether oxygens (including phenoxy) is 2. The minimum atomic E-state index is -0.460. The van der Waals surface area contributed by atoms with Crippen LogP contribution in [0.4, 0.5) is 0 Å². The Morgan fingerprint density at radius 3 is 2.71 bits per heavy atom. The van der Waals surface area contributed by atoms with E-state index in [1.165, 1.54) is 6.07 Å². The quantitative estimate of drug-likeness (QED) is 0.601. The number of ketones is 1. The maximum Gasteiger partial charge on any atom is 0.235 e. The van der Waals surface area contributed by atoms with E-state index in [2.05, 4.69) is 0 Å². The van der Waals surface area contributed by atoms with Gasteiger partial charge in [0.15, 0.2) is 5.76 Å². The molecule has 3 aromatic rings. The molecule has 0 aliphatic carbocycles. The zero-order valence-corrected chi connectivity index (χ0v) is 15.4. The molecule has 0 saturated carbocycles. The second-order valence-corrected chi connectivity index (χ2v) is 6.54. The van der Waals surface area contributed by atoms with E-state index in [0.29, 0.717) is 12.3 Å². The fourth-order valence-electron chi connectivity index (χ4n) is 3.59. The Kier molecular flexibility index (Phi) is 4.24. The number of phenolic OH excluding ortho intramolecular Hbond substituents is 2. The van der Waals surface area contributed by atoms with Gasteiger partial charge in [0.25, 0.3) is 0 Å². The number of Topliss-reactive ketones (excluding diaryl/α,β-unsaturated/α-hetero) is 1. The molecule has 28 heavy (non-hydrogen) atoms. The fourth-order valence-corrected chi connectivity index (χ4v) is 3.59. The number of methoxy groups -OCH3 is 1. The molecule has 0 spiro atoms. The van der Waals surface area contributed by atoms with Gasteiger partial charge in [-0.1, -0.05) is 0 Å². The summed E-state index contributed by atoms with van der Waals surface area (Å²) < 4.78 is 12.9. The van der Waals surface area contributed by atoms with E-state index in [9.17, 15) is 20.1 Å². The first kappa shape index (κ1) is 17.9. The molecule has 0 atom stereocenters. The lowest BCUT2D eigenvalue weighted by Gasteiger charge is -2.06. The fraction of sp³-hybridized carbons (Fsp3) is 0.190. The molecular formula is C21H19NO6. The summed E-state index contributed by atoms with van der Waals surface area (Å²) >= 11 is 0. The van der Waals surface area contributed by atoms with Gasteiger partial charge in [-0.05, 0) is 31.2 Å². The van der Waals surface area contributed by atoms with Gasteiger partial charge >= 0.3 is 0 Å². The van der Waals surface area contributed by atoms with E-state index >= 15 is 0 Å². The Morgan fingerprint density at radius 1 is 1.21 bits per heavy atom. The Hall–Kier alpha value is -3.45. The first-order valence-corrected chi connectivity index (χ1v) is 8.72. The molecule has 0 saturated heterocycles. The number of rotatable bonds is 4. The number of aliphatic hydroxyl groups excluding tert-OH is 1. The summed E-state index contributed by atoms with van der Waals surface area (Å²) in [5.41, 5.74) is 2.52. The SMILES string of the molecule is COc1ccc2c(c1)c(C=C1Oc3cc(O)cc(O)c3C1=O)c(C)n2CCO. The topological polar surface area (TPSA) is 101 Å². The van der Waals surface area contributed by atoms with Crippen LogP contribution in [0.5, 0.6) is 23.0 Å². The maximum atomic E-state index is 12.7. The number of aromatic nitrogens is 1. The van der Waals surface area contributed by atoms with Gasteiger partial charge in [0.05, 0.1) is 13.7 Å². The van der Waals surface area contributed by atoms with Crippen molar-refractivity contribution in [2.24, 2.45) is 0 Å². The van der Waals surface area contributed by atoms with Crippen LogP contribution >= 0.6 is 0 Å². The van der Waals surface area contributed by atoms with Crippen molar-refractivity contribution in [1.82, 2.24) is 4.57 Å². The Balaban J connectivity index is 1.89. The van der Waals surface area contributed by atoms with Crippen LogP contribution in [-0.2, 0) is 6.54 Å². The normalized spacial score (nSPS) is 14.5. The molecule has 1 aromatic heterocycles. The van der Waals surface area contributed by atoms with Crippen LogP contribution in [0.25, 0.3) is 17.0 Å². The van der Waals surface area contributed by atoms with Crippen LogP contribution in [0.2, 0.25) is 0 Å². The molecule has 0 bridgehead atoms. The lowest BCUT2D eigenvalue weighted by atomic mass is 10.1. The summed E-state index contributed by atoms with van der Waals surface area (Å²) in [5.74, 6) is -0.154. The standard InChI is InChI=1S/C21H19NO6/c1-11-14(15-9-13(27-2)3-4-16(15)22(11)5-6-23)10-19-21(26)20-17(25)7-12(24)8-18(20)28-19/h3-4,7-10,23-25H,5-6H2,1-2H3. The van der Waals surface area contributed by atoms with Gasteiger partial charge in [0.2, 0.25) is 5.78 Å². The second-order valence-electron chi connectivity index (χ2n) is 6.54. The van der Waals surface area contributed by atoms with Gasteiger partial charge in [0, 0.05) is 40.8 Å². The monoisotopic (exact) mass is 381 g/mol. The van der Waals surface area contributed by atoms with Gasteiger partial charge < -0.3 is 29.4 Å². The number of aromatic hydroxyl groups is 2. The van der Waals surface area contributed by atoms with Crippen molar-refractivity contribution in [1.29, 1.82) is 0 Å². The first-order chi connectivity index (χ1) is 13.4. The Labute approximate surface area is 160 Å². The number of allylic oxidation sites excluding steroid dienone is 1. The van der Waals surface area contributed by atoms with Crippen molar-refractivity contribution < 1.29 is 29.6 Å². The smallest absolute Gasteiger partial charge is 0.235 e. The van der Waals surface area contributed by atoms with Crippen LogP contribution in [0.3, 0.4) is 0 Å². The Bertz CT molecular complexity index is 1140. The van der Waals surface area contributed by atoms with E-state index in [0.717, 1.165) is 28.2 Å². The number of carbonyl (C=O) groups is 1. The average Bonchev–Trinajstić information content (AvgIpc) is 3.11. The largest absolute Gasteiger partial charge is 0.508 e. The van der Waals surface area contributed by atoms with E-state index < -0.39 is 5.78 Å². The van der Waals surface area contributed by atoms with Crippen molar-refractivity contribution in [2.45, 2.75) is 13.5 Å². The molecule has 2 heterocycles. The molecular weight excluding hydrogens is 362 g/mol. The maximum absolute atomic E-state index is 12.7. The van der Waals surface area contributed by atoms with Gasteiger partial charge in [-0.2, -0.15) is 0 Å². The number of fused-ring (bicyclic) bond motifs is 2. The summed E-state index contributed by atoms with van der Waals surface area (Å²) in [7, 11) is 1.58. The minimum Gasteiger partial charge on any atom is -0.508 e. The number of benzene rings is 2. The van der Waals surface area contributed by atoms with E-state index in [4.69, 9.17) is 9.47 Å². The van der Waals surface area contributed by atoms with E-state index in [1.807, 2.05) is 29.7 Å². The van der Waals surface area contributed by atoms with Crippen molar-refractivity contribution in [3.05, 3.63) is 52.9 Å². The van der Waals surface area contributed by atoms with Gasteiger partial charge in [-0.25, -0.2) is 0 Å². The molecule has 1 aliphatic rings.